The summed E-state index contributed by atoms with van der Waals surface area (Å²) in [5, 5.41) is 0. The number of carbonyl (C=O) groups excluding carboxylic acids is 3. The third kappa shape index (κ3) is 34.1. The first-order chi connectivity index (χ1) is 24.6. The van der Waals surface area contributed by atoms with Crippen LogP contribution in [-0.4, -0.2) is 56.0 Å². The summed E-state index contributed by atoms with van der Waals surface area (Å²) in [6.45, 7) is 12.3. The molecule has 0 aromatic carbocycles. The molecule has 1 fully saturated rings. The maximum absolute atomic E-state index is 12.4. The predicted molar refractivity (Wildman–Crippen MR) is 217 cm³/mol. The lowest BCUT2D eigenvalue weighted by atomic mass is 9.92. The van der Waals surface area contributed by atoms with Crippen molar-refractivity contribution in [3.8, 4) is 0 Å². The Labute approximate surface area is 317 Å². The molecule has 1 saturated carbocycles. The minimum absolute atomic E-state index is 0.00632. The molecule has 3 unspecified atom stereocenters. The molecule has 0 saturated heterocycles. The highest BCUT2D eigenvalue weighted by Gasteiger charge is 2.19. The third-order valence-electron chi connectivity index (χ3n) is 10.8. The van der Waals surface area contributed by atoms with Crippen LogP contribution in [0.4, 0.5) is 0 Å². The lowest BCUT2D eigenvalue weighted by Gasteiger charge is -2.18. The second kappa shape index (κ2) is 35.6. The van der Waals surface area contributed by atoms with Gasteiger partial charge in [-0.05, 0) is 103 Å². The molecular formula is C45H87NO5. The van der Waals surface area contributed by atoms with E-state index in [2.05, 4.69) is 32.6 Å². The molecule has 0 spiro atoms. The van der Waals surface area contributed by atoms with Gasteiger partial charge >= 0.3 is 11.9 Å². The normalized spacial score (nSPS) is 16.3. The quantitative estimate of drug-likeness (QED) is 0.0496. The number of rotatable bonds is 33. The van der Waals surface area contributed by atoms with Gasteiger partial charge in [0.05, 0.1) is 6.61 Å². The van der Waals surface area contributed by atoms with E-state index in [-0.39, 0.29) is 23.8 Å². The van der Waals surface area contributed by atoms with E-state index in [0.29, 0.717) is 31.8 Å². The summed E-state index contributed by atoms with van der Waals surface area (Å²) in [6.07, 6.45) is 32.1. The molecule has 0 bridgehead atoms. The molecule has 0 aromatic heterocycles. The van der Waals surface area contributed by atoms with Crippen molar-refractivity contribution in [3.63, 3.8) is 0 Å². The van der Waals surface area contributed by atoms with Gasteiger partial charge in [0.2, 0.25) is 0 Å². The number of ketones is 1. The standard InChI is InChI=1S/C37H71NO5.C8H16/c1-6-8-16-24-34(25-17-9-7-2)30-32-42-36(40)28-21-15-11-14-20-27-35(43-37(41)29-22-31-38(4)5)26-19-13-10-12-18-23-33(3)39;1-3-8-5-4-7(2)6-8/h34-35H,6-32H2,1-5H3;7-8H,3-6H2,1-2H3. The Bertz CT molecular complexity index is 804. The van der Waals surface area contributed by atoms with E-state index in [1.54, 1.807) is 6.92 Å². The lowest BCUT2D eigenvalue weighted by Crippen LogP contribution is -2.20. The summed E-state index contributed by atoms with van der Waals surface area (Å²) < 4.78 is 11.5. The van der Waals surface area contributed by atoms with Gasteiger partial charge in [0.25, 0.3) is 0 Å². The number of carbonyl (C=O) groups is 3. The summed E-state index contributed by atoms with van der Waals surface area (Å²) in [7, 11) is 4.04. The van der Waals surface area contributed by atoms with Crippen LogP contribution in [0.3, 0.4) is 0 Å². The van der Waals surface area contributed by atoms with Crippen LogP contribution in [-0.2, 0) is 23.9 Å². The van der Waals surface area contributed by atoms with Gasteiger partial charge in [-0.15, -0.1) is 0 Å². The first kappa shape index (κ1) is 49.6. The summed E-state index contributed by atoms with van der Waals surface area (Å²) in [5.74, 6) is 2.97. The van der Waals surface area contributed by atoms with Crippen molar-refractivity contribution in [3.05, 3.63) is 0 Å². The van der Waals surface area contributed by atoms with E-state index in [1.165, 1.54) is 77.0 Å². The van der Waals surface area contributed by atoms with Gasteiger partial charge < -0.3 is 19.2 Å². The van der Waals surface area contributed by atoms with Gasteiger partial charge in [0.1, 0.15) is 11.9 Å². The summed E-state index contributed by atoms with van der Waals surface area (Å²) in [4.78, 5) is 37.9. The van der Waals surface area contributed by atoms with Crippen molar-refractivity contribution in [1.82, 2.24) is 4.90 Å². The molecule has 0 amide bonds. The van der Waals surface area contributed by atoms with E-state index >= 15 is 0 Å². The fourth-order valence-electron chi connectivity index (χ4n) is 7.40. The summed E-state index contributed by atoms with van der Waals surface area (Å²) >= 11 is 0. The molecule has 1 aliphatic carbocycles. The Morgan fingerprint density at radius 1 is 0.627 bits per heavy atom. The Morgan fingerprint density at radius 2 is 1.16 bits per heavy atom. The minimum Gasteiger partial charge on any atom is -0.466 e. The number of hydrogen-bond acceptors (Lipinski definition) is 6. The van der Waals surface area contributed by atoms with Crippen LogP contribution < -0.4 is 0 Å². The van der Waals surface area contributed by atoms with Crippen LogP contribution >= 0.6 is 0 Å². The van der Waals surface area contributed by atoms with Gasteiger partial charge in [-0.3, -0.25) is 9.59 Å². The zero-order chi connectivity index (χ0) is 38.0. The Morgan fingerprint density at radius 3 is 1.65 bits per heavy atom. The zero-order valence-electron chi connectivity index (χ0n) is 35.2. The zero-order valence-corrected chi connectivity index (χ0v) is 35.2. The molecule has 0 radical (unpaired) electrons. The van der Waals surface area contributed by atoms with E-state index in [9.17, 15) is 14.4 Å². The number of Topliss-reactive ketones (excluding diaryl/α,β-unsaturated/α-hetero) is 1. The molecule has 0 aromatic rings. The van der Waals surface area contributed by atoms with Crippen LogP contribution in [0.1, 0.15) is 221 Å². The molecule has 0 heterocycles. The molecule has 51 heavy (non-hydrogen) atoms. The molecular weight excluding hydrogens is 634 g/mol. The van der Waals surface area contributed by atoms with Crippen LogP contribution in [0, 0.1) is 17.8 Å². The molecule has 0 aliphatic heterocycles. The maximum Gasteiger partial charge on any atom is 0.306 e. The van der Waals surface area contributed by atoms with Gasteiger partial charge in [-0.25, -0.2) is 0 Å². The minimum atomic E-state index is -0.0694. The molecule has 0 N–H and O–H groups in total. The van der Waals surface area contributed by atoms with Gasteiger partial charge in [0.15, 0.2) is 0 Å². The summed E-state index contributed by atoms with van der Waals surface area (Å²) in [5.41, 5.74) is 0. The third-order valence-corrected chi connectivity index (χ3v) is 10.8. The molecule has 6 heteroatoms. The summed E-state index contributed by atoms with van der Waals surface area (Å²) in [6, 6.07) is 0. The maximum atomic E-state index is 12.4. The lowest BCUT2D eigenvalue weighted by molar-refractivity contribution is -0.150. The smallest absolute Gasteiger partial charge is 0.306 e. The fourth-order valence-corrected chi connectivity index (χ4v) is 7.40. The monoisotopic (exact) mass is 722 g/mol. The SMILES string of the molecule is CCC1CCC(C)C1.CCCCCC(CCCCC)CCOC(=O)CCCCCCCC(CCCCCCCC(C)=O)OC(=O)CCCN(C)C. The van der Waals surface area contributed by atoms with Crippen molar-refractivity contribution >= 4 is 17.7 Å². The number of nitrogens with zero attached hydrogens (tertiary/aromatic N) is 1. The van der Waals surface area contributed by atoms with Crippen LogP contribution in [0.5, 0.6) is 0 Å². The van der Waals surface area contributed by atoms with Crippen molar-refractivity contribution < 1.29 is 23.9 Å². The molecule has 1 rings (SSSR count). The van der Waals surface area contributed by atoms with E-state index < -0.39 is 0 Å². The molecule has 6 nitrogen and oxygen atoms in total. The highest BCUT2D eigenvalue weighted by molar-refractivity contribution is 5.75. The van der Waals surface area contributed by atoms with Crippen LogP contribution in [0.2, 0.25) is 0 Å². The van der Waals surface area contributed by atoms with E-state index in [0.717, 1.165) is 108 Å². The van der Waals surface area contributed by atoms with Crippen molar-refractivity contribution in [2.75, 3.05) is 27.2 Å². The average Bonchev–Trinajstić information content (AvgIpc) is 3.52. The first-order valence-electron chi connectivity index (χ1n) is 22.1. The molecule has 3 atom stereocenters. The Kier molecular flexibility index (Phi) is 34.6. The van der Waals surface area contributed by atoms with Gasteiger partial charge in [-0.1, -0.05) is 137 Å². The number of hydrogen-bond donors (Lipinski definition) is 0. The predicted octanol–water partition coefficient (Wildman–Crippen LogP) is 12.8. The number of unbranched alkanes of at least 4 members (excludes halogenated alkanes) is 12. The van der Waals surface area contributed by atoms with E-state index in [4.69, 9.17) is 9.47 Å². The molecule has 1 aliphatic rings. The highest BCUT2D eigenvalue weighted by atomic mass is 16.5. The van der Waals surface area contributed by atoms with Crippen molar-refractivity contribution in [2.24, 2.45) is 17.8 Å². The highest BCUT2D eigenvalue weighted by Crippen LogP contribution is 2.32. The Balaban J connectivity index is 0.00000272. The number of ether oxygens (including phenoxy) is 2. The second-order valence-electron chi connectivity index (χ2n) is 16.4. The fraction of sp³-hybridized carbons (Fsp3) is 0.933. The van der Waals surface area contributed by atoms with Crippen molar-refractivity contribution in [2.45, 2.75) is 227 Å². The largest absolute Gasteiger partial charge is 0.466 e. The van der Waals surface area contributed by atoms with Gasteiger partial charge in [-0.2, -0.15) is 0 Å². The second-order valence-corrected chi connectivity index (χ2v) is 16.4. The number of esters is 2. The van der Waals surface area contributed by atoms with Crippen LogP contribution in [0.25, 0.3) is 0 Å². The molecule has 302 valence electrons. The van der Waals surface area contributed by atoms with Gasteiger partial charge in [0, 0.05) is 19.3 Å². The first-order valence-corrected chi connectivity index (χ1v) is 22.1. The van der Waals surface area contributed by atoms with E-state index in [1.807, 2.05) is 14.1 Å². The topological polar surface area (TPSA) is 72.9 Å². The van der Waals surface area contributed by atoms with Crippen LogP contribution in [0.15, 0.2) is 0 Å². The van der Waals surface area contributed by atoms with Crippen molar-refractivity contribution in [1.29, 1.82) is 0 Å². The Hall–Kier alpha value is -1.43. The average molecular weight is 722 g/mol.